The van der Waals surface area contributed by atoms with Gasteiger partial charge in [-0.2, -0.15) is 4.98 Å². The number of benzene rings is 1. The molecular formula is C18H23N5O4. The summed E-state index contributed by atoms with van der Waals surface area (Å²) in [5.41, 5.74) is 0.524. The Kier molecular flexibility index (Phi) is 5.15. The number of rotatable bonds is 6. The van der Waals surface area contributed by atoms with Gasteiger partial charge < -0.3 is 19.7 Å². The van der Waals surface area contributed by atoms with Crippen LogP contribution in [0.5, 0.6) is 0 Å². The first kappa shape index (κ1) is 18.9. The molecule has 144 valence electrons. The van der Waals surface area contributed by atoms with E-state index in [-0.39, 0.29) is 17.7 Å². The zero-order chi connectivity index (χ0) is 19.7. The second kappa shape index (κ2) is 7.37. The summed E-state index contributed by atoms with van der Waals surface area (Å²) in [6.45, 7) is 0.0517. The Morgan fingerprint density at radius 2 is 1.81 bits per heavy atom. The van der Waals surface area contributed by atoms with E-state index in [0.29, 0.717) is 12.5 Å². The molecule has 3 rings (SSSR count). The van der Waals surface area contributed by atoms with E-state index in [0.717, 1.165) is 10.1 Å². The van der Waals surface area contributed by atoms with Gasteiger partial charge in [-0.1, -0.05) is 30.3 Å². The normalized spacial score (nSPS) is 12.5. The van der Waals surface area contributed by atoms with Crippen molar-refractivity contribution in [2.45, 2.75) is 19.2 Å². The standard InChI is InChI=1S/C18H23N5O4/c1-20(9-12-7-5-4-6-8-12)17-19-15-14(23(17)10-13(25)11-24)16(26)22(3)18(27)21(15)2/h4-8,13,24-25H,9-11H2,1-3H3. The van der Waals surface area contributed by atoms with Crippen LogP contribution in [0.2, 0.25) is 0 Å². The van der Waals surface area contributed by atoms with Gasteiger partial charge in [0.05, 0.1) is 19.3 Å². The molecule has 0 saturated heterocycles. The SMILES string of the molecule is CN(Cc1ccccc1)c1nc2c(c(=O)n(C)c(=O)n2C)n1CC(O)CO. The number of imidazole rings is 1. The topological polar surface area (TPSA) is 106 Å². The number of aliphatic hydroxyl groups excluding tert-OH is 2. The molecule has 1 aromatic carbocycles. The fraction of sp³-hybridized carbons (Fsp3) is 0.389. The average molecular weight is 373 g/mol. The molecule has 0 aliphatic heterocycles. The zero-order valence-corrected chi connectivity index (χ0v) is 15.5. The van der Waals surface area contributed by atoms with Crippen LogP contribution in [0.3, 0.4) is 0 Å². The fourth-order valence-electron chi connectivity index (χ4n) is 3.10. The minimum absolute atomic E-state index is 0.0189. The number of fused-ring (bicyclic) bond motifs is 1. The molecule has 9 nitrogen and oxygen atoms in total. The van der Waals surface area contributed by atoms with Gasteiger partial charge in [0.2, 0.25) is 5.95 Å². The number of aryl methyl sites for hydroxylation is 1. The first-order valence-corrected chi connectivity index (χ1v) is 8.55. The van der Waals surface area contributed by atoms with Gasteiger partial charge in [0, 0.05) is 27.7 Å². The first-order valence-electron chi connectivity index (χ1n) is 8.55. The van der Waals surface area contributed by atoms with Crippen LogP contribution in [-0.2, 0) is 27.2 Å². The Labute approximate surface area is 155 Å². The number of nitrogens with zero attached hydrogens (tertiary/aromatic N) is 5. The van der Waals surface area contributed by atoms with Crippen LogP contribution in [-0.4, -0.2) is 48.7 Å². The summed E-state index contributed by atoms with van der Waals surface area (Å²) in [6, 6.07) is 9.74. The molecule has 0 bridgehead atoms. The molecular weight excluding hydrogens is 350 g/mol. The zero-order valence-electron chi connectivity index (χ0n) is 15.5. The fourth-order valence-corrected chi connectivity index (χ4v) is 3.10. The summed E-state index contributed by atoms with van der Waals surface area (Å²) < 4.78 is 3.87. The second-order valence-corrected chi connectivity index (χ2v) is 6.58. The van der Waals surface area contributed by atoms with Crippen LogP contribution in [0.25, 0.3) is 11.2 Å². The predicted octanol–water partition coefficient (Wildman–Crippen LogP) is -0.577. The van der Waals surface area contributed by atoms with E-state index >= 15 is 0 Å². The number of anilines is 1. The van der Waals surface area contributed by atoms with Crippen LogP contribution in [0, 0.1) is 0 Å². The maximum atomic E-state index is 12.7. The highest BCUT2D eigenvalue weighted by atomic mass is 16.3. The van der Waals surface area contributed by atoms with Gasteiger partial charge in [-0.05, 0) is 5.56 Å². The third-order valence-electron chi connectivity index (χ3n) is 4.54. The predicted molar refractivity (Wildman–Crippen MR) is 102 cm³/mol. The maximum absolute atomic E-state index is 12.7. The number of aliphatic hydroxyl groups is 2. The van der Waals surface area contributed by atoms with E-state index in [1.807, 2.05) is 42.3 Å². The van der Waals surface area contributed by atoms with Crippen LogP contribution in [0.1, 0.15) is 5.56 Å². The lowest BCUT2D eigenvalue weighted by molar-refractivity contribution is 0.0823. The number of hydrogen-bond donors (Lipinski definition) is 2. The molecule has 1 atom stereocenters. The van der Waals surface area contributed by atoms with Crippen molar-refractivity contribution in [2.24, 2.45) is 14.1 Å². The van der Waals surface area contributed by atoms with Crippen LogP contribution in [0.4, 0.5) is 5.95 Å². The van der Waals surface area contributed by atoms with Crippen molar-refractivity contribution < 1.29 is 10.2 Å². The van der Waals surface area contributed by atoms with Crippen molar-refractivity contribution >= 4 is 17.1 Å². The van der Waals surface area contributed by atoms with E-state index in [9.17, 15) is 19.8 Å². The van der Waals surface area contributed by atoms with Gasteiger partial charge in [-0.15, -0.1) is 0 Å². The van der Waals surface area contributed by atoms with Gasteiger partial charge in [0.15, 0.2) is 11.2 Å². The van der Waals surface area contributed by atoms with Crippen molar-refractivity contribution in [1.82, 2.24) is 18.7 Å². The molecule has 2 heterocycles. The van der Waals surface area contributed by atoms with E-state index in [1.165, 1.54) is 11.6 Å². The molecule has 3 aromatic rings. The van der Waals surface area contributed by atoms with Gasteiger partial charge in [0.25, 0.3) is 5.56 Å². The Morgan fingerprint density at radius 1 is 1.15 bits per heavy atom. The van der Waals surface area contributed by atoms with Crippen LogP contribution in [0.15, 0.2) is 39.9 Å². The van der Waals surface area contributed by atoms with Crippen LogP contribution < -0.4 is 16.1 Å². The highest BCUT2D eigenvalue weighted by Crippen LogP contribution is 2.21. The molecule has 0 fully saturated rings. The van der Waals surface area contributed by atoms with Crippen molar-refractivity contribution in [3.05, 3.63) is 56.7 Å². The molecule has 2 N–H and O–H groups in total. The molecule has 0 spiro atoms. The summed E-state index contributed by atoms with van der Waals surface area (Å²) in [6.07, 6.45) is -1.06. The Hall–Kier alpha value is -2.91. The molecule has 9 heteroatoms. The largest absolute Gasteiger partial charge is 0.394 e. The quantitative estimate of drug-likeness (QED) is 0.599. The lowest BCUT2D eigenvalue weighted by Gasteiger charge is -2.21. The van der Waals surface area contributed by atoms with Crippen molar-refractivity contribution in [3.63, 3.8) is 0 Å². The smallest absolute Gasteiger partial charge is 0.332 e. The summed E-state index contributed by atoms with van der Waals surface area (Å²) in [7, 11) is 4.76. The minimum atomic E-state index is -1.06. The monoisotopic (exact) mass is 373 g/mol. The van der Waals surface area contributed by atoms with Crippen molar-refractivity contribution in [1.29, 1.82) is 0 Å². The summed E-state index contributed by atoms with van der Waals surface area (Å²) in [5, 5.41) is 19.2. The molecule has 0 saturated carbocycles. The summed E-state index contributed by atoms with van der Waals surface area (Å²) >= 11 is 0. The van der Waals surface area contributed by atoms with Gasteiger partial charge in [-0.3, -0.25) is 13.9 Å². The maximum Gasteiger partial charge on any atom is 0.332 e. The molecule has 0 aliphatic carbocycles. The molecule has 0 amide bonds. The van der Waals surface area contributed by atoms with Crippen LogP contribution >= 0.6 is 0 Å². The Balaban J connectivity index is 2.20. The van der Waals surface area contributed by atoms with Gasteiger partial charge in [-0.25, -0.2) is 4.79 Å². The minimum Gasteiger partial charge on any atom is -0.394 e. The molecule has 0 radical (unpaired) electrons. The molecule has 0 aliphatic rings. The molecule has 1 unspecified atom stereocenters. The average Bonchev–Trinajstić information content (AvgIpc) is 3.04. The lowest BCUT2D eigenvalue weighted by atomic mass is 10.2. The van der Waals surface area contributed by atoms with Gasteiger partial charge in [0.1, 0.15) is 0 Å². The molecule has 2 aromatic heterocycles. The number of hydrogen-bond acceptors (Lipinski definition) is 6. The third kappa shape index (κ3) is 3.38. The Bertz CT molecular complexity index is 1070. The number of aromatic nitrogens is 4. The third-order valence-corrected chi connectivity index (χ3v) is 4.54. The van der Waals surface area contributed by atoms with E-state index < -0.39 is 24.0 Å². The molecule has 27 heavy (non-hydrogen) atoms. The lowest BCUT2D eigenvalue weighted by Crippen LogP contribution is -2.38. The second-order valence-electron chi connectivity index (χ2n) is 6.58. The summed E-state index contributed by atoms with van der Waals surface area (Å²) in [5.74, 6) is 0.430. The van der Waals surface area contributed by atoms with E-state index in [4.69, 9.17) is 0 Å². The van der Waals surface area contributed by atoms with Crippen molar-refractivity contribution in [3.8, 4) is 0 Å². The van der Waals surface area contributed by atoms with E-state index in [1.54, 1.807) is 11.6 Å². The van der Waals surface area contributed by atoms with Crippen molar-refractivity contribution in [2.75, 3.05) is 18.6 Å². The van der Waals surface area contributed by atoms with Gasteiger partial charge >= 0.3 is 5.69 Å². The highest BCUT2D eigenvalue weighted by Gasteiger charge is 2.22. The summed E-state index contributed by atoms with van der Waals surface area (Å²) in [4.78, 5) is 31.3. The first-order chi connectivity index (χ1) is 12.8. The Morgan fingerprint density at radius 3 is 2.44 bits per heavy atom. The van der Waals surface area contributed by atoms with E-state index in [2.05, 4.69) is 4.98 Å². The highest BCUT2D eigenvalue weighted by molar-refractivity contribution is 5.74.